The van der Waals surface area contributed by atoms with E-state index in [0.29, 0.717) is 42.2 Å². The number of fused-ring (bicyclic) bond motifs is 1. The van der Waals surface area contributed by atoms with Gasteiger partial charge in [-0.1, -0.05) is 19.1 Å². The average Bonchev–Trinajstić information content (AvgIpc) is 2.84. The number of thioether (sulfide) groups is 1. The van der Waals surface area contributed by atoms with Gasteiger partial charge in [0.1, 0.15) is 6.54 Å². The number of carbonyl (C=O) groups excluding carboxylic acids is 1. The second-order valence-corrected chi connectivity index (χ2v) is 6.01. The van der Waals surface area contributed by atoms with Crippen LogP contribution in [0.3, 0.4) is 0 Å². The maximum Gasteiger partial charge on any atom is 0.291 e. The van der Waals surface area contributed by atoms with Crippen LogP contribution in [0.4, 0.5) is 8.78 Å². The van der Waals surface area contributed by atoms with Gasteiger partial charge in [-0.15, -0.1) is 0 Å². The highest BCUT2D eigenvalue weighted by Gasteiger charge is 2.17. The van der Waals surface area contributed by atoms with E-state index in [0.717, 1.165) is 0 Å². The van der Waals surface area contributed by atoms with Crippen LogP contribution >= 0.6 is 11.8 Å². The first-order chi connectivity index (χ1) is 11.0. The second-order valence-electron chi connectivity index (χ2n) is 5.05. The topological polar surface area (TPSA) is 67.2 Å². The molecular weight excluding hydrogens is 324 g/mol. The molecule has 0 bridgehead atoms. The first-order valence-corrected chi connectivity index (χ1v) is 8.24. The molecule has 2 aromatic rings. The number of halogens is 2. The van der Waals surface area contributed by atoms with Crippen molar-refractivity contribution in [1.29, 1.82) is 0 Å². The standard InChI is InChI=1S/C15H19F2N3O2S/c1-2-10(21)7-8-18-13(22)9-20-12-6-4-3-5-11(12)19-15(20)23-14(16)17/h3-6,10,14,21H,2,7-9H2,1H3,(H,18,22). The fraction of sp³-hybridized carbons (Fsp3) is 0.467. The van der Waals surface area contributed by atoms with Crippen molar-refractivity contribution < 1.29 is 18.7 Å². The van der Waals surface area contributed by atoms with E-state index in [4.69, 9.17) is 0 Å². The highest BCUT2D eigenvalue weighted by molar-refractivity contribution is 7.99. The van der Waals surface area contributed by atoms with Gasteiger partial charge in [-0.05, 0) is 36.7 Å². The van der Waals surface area contributed by atoms with Gasteiger partial charge in [-0.2, -0.15) is 8.78 Å². The normalized spacial score (nSPS) is 12.7. The van der Waals surface area contributed by atoms with Gasteiger partial charge in [-0.3, -0.25) is 4.79 Å². The molecule has 1 atom stereocenters. The zero-order chi connectivity index (χ0) is 16.8. The molecule has 2 rings (SSSR count). The van der Waals surface area contributed by atoms with E-state index < -0.39 is 11.9 Å². The number of amides is 1. The predicted molar refractivity (Wildman–Crippen MR) is 85.5 cm³/mol. The summed E-state index contributed by atoms with van der Waals surface area (Å²) in [5.74, 6) is -2.90. The van der Waals surface area contributed by atoms with Crippen LogP contribution in [0.15, 0.2) is 29.4 Å². The van der Waals surface area contributed by atoms with Gasteiger partial charge in [0.25, 0.3) is 5.76 Å². The van der Waals surface area contributed by atoms with E-state index >= 15 is 0 Å². The van der Waals surface area contributed by atoms with E-state index in [1.54, 1.807) is 24.3 Å². The number of aromatic nitrogens is 2. The third-order valence-electron chi connectivity index (χ3n) is 3.39. The number of hydrogen-bond donors (Lipinski definition) is 2. The van der Waals surface area contributed by atoms with Gasteiger partial charge < -0.3 is 15.0 Å². The summed E-state index contributed by atoms with van der Waals surface area (Å²) in [6.07, 6.45) is 0.636. The Balaban J connectivity index is 2.09. The van der Waals surface area contributed by atoms with Crippen molar-refractivity contribution in [2.24, 2.45) is 0 Å². The van der Waals surface area contributed by atoms with Crippen molar-refractivity contribution in [2.45, 2.75) is 43.3 Å². The SMILES string of the molecule is CCC(O)CCNC(=O)Cn1c(SC(F)F)nc2ccccc21. The van der Waals surface area contributed by atoms with Gasteiger partial charge in [-0.25, -0.2) is 4.98 Å². The Morgan fingerprint density at radius 2 is 2.17 bits per heavy atom. The third kappa shape index (κ3) is 4.90. The quantitative estimate of drug-likeness (QED) is 0.723. The van der Waals surface area contributed by atoms with Crippen molar-refractivity contribution >= 4 is 28.7 Å². The highest BCUT2D eigenvalue weighted by atomic mass is 32.2. The summed E-state index contributed by atoms with van der Waals surface area (Å²) in [6, 6.07) is 7.00. The minimum atomic E-state index is -2.60. The minimum absolute atomic E-state index is 0.0855. The Bertz CT molecular complexity index is 663. The zero-order valence-corrected chi connectivity index (χ0v) is 13.5. The number of hydrogen-bond acceptors (Lipinski definition) is 4. The fourth-order valence-electron chi connectivity index (χ4n) is 2.16. The monoisotopic (exact) mass is 343 g/mol. The van der Waals surface area contributed by atoms with Crippen LogP contribution in [0.25, 0.3) is 11.0 Å². The fourth-order valence-corrected chi connectivity index (χ4v) is 2.76. The number of nitrogens with zero attached hydrogens (tertiary/aromatic N) is 2. The lowest BCUT2D eigenvalue weighted by molar-refractivity contribution is -0.121. The largest absolute Gasteiger partial charge is 0.393 e. The molecule has 0 radical (unpaired) electrons. The molecule has 1 aromatic carbocycles. The molecule has 1 amide bonds. The number of nitrogens with one attached hydrogen (secondary N) is 1. The molecule has 8 heteroatoms. The van der Waals surface area contributed by atoms with E-state index in [-0.39, 0.29) is 17.6 Å². The van der Waals surface area contributed by atoms with Crippen LogP contribution in [0.1, 0.15) is 19.8 Å². The first-order valence-electron chi connectivity index (χ1n) is 7.36. The zero-order valence-electron chi connectivity index (χ0n) is 12.7. The van der Waals surface area contributed by atoms with Crippen molar-refractivity contribution in [3.8, 4) is 0 Å². The van der Waals surface area contributed by atoms with Crippen molar-refractivity contribution in [2.75, 3.05) is 6.54 Å². The number of para-hydroxylation sites is 2. The Hall–Kier alpha value is -1.67. The summed E-state index contributed by atoms with van der Waals surface area (Å²) >= 11 is 0.324. The lowest BCUT2D eigenvalue weighted by atomic mass is 10.2. The molecule has 126 valence electrons. The maximum atomic E-state index is 12.7. The van der Waals surface area contributed by atoms with Crippen LogP contribution in [-0.4, -0.2) is 39.0 Å². The molecule has 0 spiro atoms. The van der Waals surface area contributed by atoms with Crippen LogP contribution < -0.4 is 5.32 Å². The third-order valence-corrected chi connectivity index (χ3v) is 4.09. The van der Waals surface area contributed by atoms with E-state index in [9.17, 15) is 18.7 Å². The molecule has 0 aliphatic carbocycles. The summed E-state index contributed by atoms with van der Waals surface area (Å²) in [7, 11) is 0. The molecule has 1 aromatic heterocycles. The lowest BCUT2D eigenvalue weighted by Crippen LogP contribution is -2.30. The number of alkyl halides is 2. The van der Waals surface area contributed by atoms with Gasteiger partial charge in [0, 0.05) is 6.54 Å². The number of aliphatic hydroxyl groups excluding tert-OH is 1. The smallest absolute Gasteiger partial charge is 0.291 e. The second kappa shape index (κ2) is 8.26. The number of imidazole rings is 1. The summed E-state index contributed by atoms with van der Waals surface area (Å²) in [4.78, 5) is 16.2. The molecule has 2 N–H and O–H groups in total. The molecule has 0 saturated heterocycles. The first kappa shape index (κ1) is 17.7. The highest BCUT2D eigenvalue weighted by Crippen LogP contribution is 2.28. The van der Waals surface area contributed by atoms with E-state index in [1.165, 1.54) is 4.57 Å². The minimum Gasteiger partial charge on any atom is -0.393 e. The van der Waals surface area contributed by atoms with Gasteiger partial charge >= 0.3 is 0 Å². The number of aliphatic hydroxyl groups is 1. The number of benzene rings is 1. The molecule has 0 saturated carbocycles. The van der Waals surface area contributed by atoms with Gasteiger partial charge in [0.05, 0.1) is 17.1 Å². The van der Waals surface area contributed by atoms with Crippen molar-refractivity contribution in [3.05, 3.63) is 24.3 Å². The average molecular weight is 343 g/mol. The van der Waals surface area contributed by atoms with Crippen LogP contribution in [0.5, 0.6) is 0 Å². The predicted octanol–water partition coefficient (Wildman–Crippen LogP) is 2.63. The molecule has 0 aliphatic heterocycles. The molecule has 23 heavy (non-hydrogen) atoms. The summed E-state index contributed by atoms with van der Waals surface area (Å²) < 4.78 is 26.8. The van der Waals surface area contributed by atoms with Gasteiger partial charge in [0.15, 0.2) is 5.16 Å². The van der Waals surface area contributed by atoms with Crippen molar-refractivity contribution in [1.82, 2.24) is 14.9 Å². The van der Waals surface area contributed by atoms with Crippen molar-refractivity contribution in [3.63, 3.8) is 0 Å². The van der Waals surface area contributed by atoms with Gasteiger partial charge in [0.2, 0.25) is 5.91 Å². The van der Waals surface area contributed by atoms with E-state index in [2.05, 4.69) is 10.3 Å². The Labute approximate surface area is 137 Å². The summed E-state index contributed by atoms with van der Waals surface area (Å²) in [6.45, 7) is 2.12. The number of carbonyl (C=O) groups is 1. The molecule has 0 aliphatic rings. The molecule has 1 heterocycles. The molecular formula is C15H19F2N3O2S. The van der Waals surface area contributed by atoms with Crippen LogP contribution in [-0.2, 0) is 11.3 Å². The Morgan fingerprint density at radius 3 is 2.87 bits per heavy atom. The van der Waals surface area contributed by atoms with E-state index in [1.807, 2.05) is 6.92 Å². The van der Waals surface area contributed by atoms with Crippen LogP contribution in [0.2, 0.25) is 0 Å². The number of rotatable bonds is 8. The maximum absolute atomic E-state index is 12.7. The lowest BCUT2D eigenvalue weighted by Gasteiger charge is -2.11. The Kier molecular flexibility index (Phi) is 6.35. The summed E-state index contributed by atoms with van der Waals surface area (Å²) in [5, 5.41) is 12.3. The molecule has 0 fully saturated rings. The molecule has 5 nitrogen and oxygen atoms in total. The summed E-state index contributed by atoms with van der Waals surface area (Å²) in [5.41, 5.74) is 1.21. The van der Waals surface area contributed by atoms with Crippen LogP contribution in [0, 0.1) is 0 Å². The Morgan fingerprint density at radius 1 is 1.43 bits per heavy atom. The molecule has 1 unspecified atom stereocenters.